The number of nitrogens with one attached hydrogen (secondary N) is 1. The highest BCUT2D eigenvalue weighted by Gasteiger charge is 2.23. The molecule has 0 saturated carbocycles. The average molecular weight is 214 g/mol. The SMILES string of the molecule is CC(=O)N1CCC(NC(C)C(=O)O)CC1. The topological polar surface area (TPSA) is 69.6 Å². The maximum absolute atomic E-state index is 11.0. The van der Waals surface area contributed by atoms with E-state index in [-0.39, 0.29) is 11.9 Å². The highest BCUT2D eigenvalue weighted by atomic mass is 16.4. The standard InChI is InChI=1S/C10H18N2O3/c1-7(10(14)15)11-9-3-5-12(6-4-9)8(2)13/h7,9,11H,3-6H2,1-2H3,(H,14,15). The first-order valence-corrected chi connectivity index (χ1v) is 5.25. The molecule has 1 aliphatic rings. The Morgan fingerprint density at radius 1 is 1.40 bits per heavy atom. The van der Waals surface area contributed by atoms with Gasteiger partial charge in [0.15, 0.2) is 0 Å². The first kappa shape index (κ1) is 12.0. The normalized spacial score (nSPS) is 20.0. The molecular weight excluding hydrogens is 196 g/mol. The Balaban J connectivity index is 2.31. The van der Waals surface area contributed by atoms with Gasteiger partial charge in [-0.05, 0) is 19.8 Å². The van der Waals surface area contributed by atoms with Gasteiger partial charge in [-0.1, -0.05) is 0 Å². The zero-order chi connectivity index (χ0) is 11.4. The van der Waals surface area contributed by atoms with E-state index in [1.807, 2.05) is 0 Å². The molecular formula is C10H18N2O3. The average Bonchev–Trinajstić information content (AvgIpc) is 2.18. The molecule has 1 unspecified atom stereocenters. The largest absolute Gasteiger partial charge is 0.480 e. The number of piperidine rings is 1. The van der Waals surface area contributed by atoms with E-state index >= 15 is 0 Å². The number of carbonyl (C=O) groups excluding carboxylic acids is 1. The highest BCUT2D eigenvalue weighted by molar-refractivity contribution is 5.73. The number of amides is 1. The molecule has 0 aromatic heterocycles. The molecule has 1 heterocycles. The van der Waals surface area contributed by atoms with Crippen molar-refractivity contribution in [2.75, 3.05) is 13.1 Å². The van der Waals surface area contributed by atoms with Gasteiger partial charge in [0.1, 0.15) is 6.04 Å². The van der Waals surface area contributed by atoms with Crippen LogP contribution < -0.4 is 5.32 Å². The molecule has 5 heteroatoms. The first-order chi connectivity index (χ1) is 7.00. The van der Waals surface area contributed by atoms with E-state index in [0.717, 1.165) is 25.9 Å². The summed E-state index contributed by atoms with van der Waals surface area (Å²) in [5, 5.41) is 11.8. The predicted molar refractivity (Wildman–Crippen MR) is 55.5 cm³/mol. The molecule has 0 bridgehead atoms. The summed E-state index contributed by atoms with van der Waals surface area (Å²) in [7, 11) is 0. The van der Waals surface area contributed by atoms with Crippen LogP contribution in [0.4, 0.5) is 0 Å². The van der Waals surface area contributed by atoms with Crippen molar-refractivity contribution in [3.8, 4) is 0 Å². The Labute approximate surface area is 89.4 Å². The minimum absolute atomic E-state index is 0.0970. The molecule has 0 radical (unpaired) electrons. The van der Waals surface area contributed by atoms with E-state index in [2.05, 4.69) is 5.32 Å². The summed E-state index contributed by atoms with van der Waals surface area (Å²) in [4.78, 5) is 23.5. The van der Waals surface area contributed by atoms with Gasteiger partial charge in [0.05, 0.1) is 0 Å². The number of carbonyl (C=O) groups is 2. The Hall–Kier alpha value is -1.10. The molecule has 1 amide bonds. The molecule has 1 fully saturated rings. The zero-order valence-corrected chi connectivity index (χ0v) is 9.19. The summed E-state index contributed by atoms with van der Waals surface area (Å²) in [6.07, 6.45) is 1.66. The maximum Gasteiger partial charge on any atom is 0.320 e. The minimum Gasteiger partial charge on any atom is -0.480 e. The fourth-order valence-electron chi connectivity index (χ4n) is 1.79. The highest BCUT2D eigenvalue weighted by Crippen LogP contribution is 2.10. The van der Waals surface area contributed by atoms with Gasteiger partial charge >= 0.3 is 5.97 Å². The Kier molecular flexibility index (Phi) is 4.08. The number of nitrogens with zero attached hydrogens (tertiary/aromatic N) is 1. The molecule has 1 atom stereocenters. The van der Waals surface area contributed by atoms with E-state index in [1.165, 1.54) is 0 Å². The van der Waals surface area contributed by atoms with Gasteiger partial charge in [-0.25, -0.2) is 0 Å². The molecule has 0 aliphatic carbocycles. The lowest BCUT2D eigenvalue weighted by atomic mass is 10.0. The van der Waals surface area contributed by atoms with Crippen LogP contribution in [0.1, 0.15) is 26.7 Å². The Bertz CT molecular complexity index is 247. The van der Waals surface area contributed by atoms with Gasteiger partial charge in [0.2, 0.25) is 5.91 Å². The number of hydrogen-bond acceptors (Lipinski definition) is 3. The van der Waals surface area contributed by atoms with E-state index < -0.39 is 12.0 Å². The van der Waals surface area contributed by atoms with Crippen molar-refractivity contribution in [1.29, 1.82) is 0 Å². The van der Waals surface area contributed by atoms with Crippen LogP contribution in [0.5, 0.6) is 0 Å². The number of hydrogen-bond donors (Lipinski definition) is 2. The molecule has 1 rings (SSSR count). The third-order valence-electron chi connectivity index (χ3n) is 2.80. The molecule has 0 spiro atoms. The van der Waals surface area contributed by atoms with Gasteiger partial charge in [-0.3, -0.25) is 9.59 Å². The number of carboxylic acid groups (broad SMARTS) is 1. The lowest BCUT2D eigenvalue weighted by molar-refractivity contribution is -0.139. The fourth-order valence-corrected chi connectivity index (χ4v) is 1.79. The van der Waals surface area contributed by atoms with E-state index in [0.29, 0.717) is 0 Å². The van der Waals surface area contributed by atoms with Crippen LogP contribution >= 0.6 is 0 Å². The second-order valence-corrected chi connectivity index (χ2v) is 4.01. The van der Waals surface area contributed by atoms with Crippen LogP contribution in [0.15, 0.2) is 0 Å². The molecule has 0 aromatic carbocycles. The van der Waals surface area contributed by atoms with E-state index in [9.17, 15) is 9.59 Å². The van der Waals surface area contributed by atoms with E-state index in [4.69, 9.17) is 5.11 Å². The van der Waals surface area contributed by atoms with Crippen molar-refractivity contribution in [3.05, 3.63) is 0 Å². The van der Waals surface area contributed by atoms with Crippen LogP contribution in [0.3, 0.4) is 0 Å². The summed E-state index contributed by atoms with van der Waals surface area (Å²) in [5.41, 5.74) is 0. The molecule has 86 valence electrons. The Morgan fingerprint density at radius 3 is 2.33 bits per heavy atom. The minimum atomic E-state index is -0.830. The van der Waals surface area contributed by atoms with Crippen molar-refractivity contribution in [2.24, 2.45) is 0 Å². The summed E-state index contributed by atoms with van der Waals surface area (Å²) in [5.74, 6) is -0.733. The first-order valence-electron chi connectivity index (χ1n) is 5.25. The van der Waals surface area contributed by atoms with Gasteiger partial charge in [-0.15, -0.1) is 0 Å². The van der Waals surface area contributed by atoms with Gasteiger partial charge < -0.3 is 15.3 Å². The van der Waals surface area contributed by atoms with Crippen LogP contribution in [0.25, 0.3) is 0 Å². The number of aliphatic carboxylic acids is 1. The van der Waals surface area contributed by atoms with Crippen LogP contribution in [0.2, 0.25) is 0 Å². The second kappa shape index (κ2) is 5.11. The molecule has 15 heavy (non-hydrogen) atoms. The van der Waals surface area contributed by atoms with Crippen molar-refractivity contribution in [3.63, 3.8) is 0 Å². The quantitative estimate of drug-likeness (QED) is 0.697. The van der Waals surface area contributed by atoms with Gasteiger partial charge in [-0.2, -0.15) is 0 Å². The van der Waals surface area contributed by atoms with Gasteiger partial charge in [0.25, 0.3) is 0 Å². The number of likely N-dealkylation sites (tertiary alicyclic amines) is 1. The third kappa shape index (κ3) is 3.51. The monoisotopic (exact) mass is 214 g/mol. The summed E-state index contributed by atoms with van der Waals surface area (Å²) in [6, 6.07) is -0.300. The van der Waals surface area contributed by atoms with Crippen molar-refractivity contribution < 1.29 is 14.7 Å². The smallest absolute Gasteiger partial charge is 0.320 e. The van der Waals surface area contributed by atoms with Crippen molar-refractivity contribution in [2.45, 2.75) is 38.8 Å². The lowest BCUT2D eigenvalue weighted by Crippen LogP contribution is -2.48. The second-order valence-electron chi connectivity index (χ2n) is 4.01. The van der Waals surface area contributed by atoms with E-state index in [1.54, 1.807) is 18.7 Å². The molecule has 5 nitrogen and oxygen atoms in total. The predicted octanol–water partition coefficient (Wildman–Crippen LogP) is 0.0600. The van der Waals surface area contributed by atoms with Crippen molar-refractivity contribution >= 4 is 11.9 Å². The van der Waals surface area contributed by atoms with Crippen molar-refractivity contribution in [1.82, 2.24) is 10.2 Å². The van der Waals surface area contributed by atoms with Crippen LogP contribution in [-0.2, 0) is 9.59 Å². The number of carboxylic acids is 1. The summed E-state index contributed by atoms with van der Waals surface area (Å²) >= 11 is 0. The summed E-state index contributed by atoms with van der Waals surface area (Å²) in [6.45, 7) is 4.64. The fraction of sp³-hybridized carbons (Fsp3) is 0.800. The van der Waals surface area contributed by atoms with Crippen LogP contribution in [0, 0.1) is 0 Å². The third-order valence-corrected chi connectivity index (χ3v) is 2.80. The van der Waals surface area contributed by atoms with Crippen LogP contribution in [-0.4, -0.2) is 47.1 Å². The van der Waals surface area contributed by atoms with Gasteiger partial charge in [0, 0.05) is 26.1 Å². The number of rotatable bonds is 3. The Morgan fingerprint density at radius 2 is 1.93 bits per heavy atom. The lowest BCUT2D eigenvalue weighted by Gasteiger charge is -2.32. The summed E-state index contributed by atoms with van der Waals surface area (Å²) < 4.78 is 0. The molecule has 1 aliphatic heterocycles. The molecule has 1 saturated heterocycles. The molecule has 2 N–H and O–H groups in total. The maximum atomic E-state index is 11.0. The molecule has 0 aromatic rings. The zero-order valence-electron chi connectivity index (χ0n) is 9.19.